The summed E-state index contributed by atoms with van der Waals surface area (Å²) in [5.41, 5.74) is 0.614. The van der Waals surface area contributed by atoms with Crippen LogP contribution in [-0.2, 0) is 0 Å². The fraction of sp³-hybridized carbons (Fsp3) is 0.400. The molecular formula is C20H23F2N3O2. The Bertz CT molecular complexity index is 806. The van der Waals surface area contributed by atoms with Gasteiger partial charge in [0, 0.05) is 25.1 Å². The zero-order valence-corrected chi connectivity index (χ0v) is 15.3. The summed E-state index contributed by atoms with van der Waals surface area (Å²) in [5.74, 6) is -0.725. The van der Waals surface area contributed by atoms with Gasteiger partial charge in [0.1, 0.15) is 17.3 Å². The number of aromatic nitrogens is 2. The van der Waals surface area contributed by atoms with Gasteiger partial charge in [-0.15, -0.1) is 0 Å². The molecule has 1 atom stereocenters. The van der Waals surface area contributed by atoms with Crippen LogP contribution >= 0.6 is 0 Å². The molecule has 1 aromatic carbocycles. The molecule has 1 fully saturated rings. The predicted molar refractivity (Wildman–Crippen MR) is 99.9 cm³/mol. The van der Waals surface area contributed by atoms with Crippen LogP contribution in [-0.4, -0.2) is 34.8 Å². The van der Waals surface area contributed by atoms with Gasteiger partial charge in [-0.05, 0) is 30.9 Å². The molecule has 1 unspecified atom stereocenters. The number of nitrogens with zero attached hydrogens (tertiary/aromatic N) is 3. The number of anilines is 1. The molecule has 0 amide bonds. The maximum Gasteiger partial charge on any atom is 0.232 e. The Balaban J connectivity index is 1.82. The molecule has 2 aromatic rings. The monoisotopic (exact) mass is 375 g/mol. The molecule has 3 rings (SSSR count). The lowest BCUT2D eigenvalue weighted by Gasteiger charge is -2.20. The standard InChI is InChI=1S/C20H23F2N3O2/c1-3-6-27-19-11-23-10-18(24-19)15-8-16(21)20(17(22)9-15)25-5-4-14(12-25)7-13(2)26/h8-11,14,26H,2-7,12H2,1H3. The van der Waals surface area contributed by atoms with E-state index in [9.17, 15) is 13.9 Å². The van der Waals surface area contributed by atoms with Crippen LogP contribution in [0.4, 0.5) is 14.5 Å². The van der Waals surface area contributed by atoms with E-state index in [1.165, 1.54) is 24.5 Å². The van der Waals surface area contributed by atoms with Crippen LogP contribution in [0.5, 0.6) is 5.88 Å². The summed E-state index contributed by atoms with van der Waals surface area (Å²) in [6, 6.07) is 2.54. The first-order valence-corrected chi connectivity index (χ1v) is 9.04. The average molecular weight is 375 g/mol. The van der Waals surface area contributed by atoms with Crippen LogP contribution in [0, 0.1) is 17.6 Å². The molecule has 0 radical (unpaired) electrons. The summed E-state index contributed by atoms with van der Waals surface area (Å²) in [5, 5.41) is 9.33. The quantitative estimate of drug-likeness (QED) is 0.722. The summed E-state index contributed by atoms with van der Waals surface area (Å²) in [7, 11) is 0. The summed E-state index contributed by atoms with van der Waals surface area (Å²) in [6.07, 6.45) is 4.94. The average Bonchev–Trinajstić information content (AvgIpc) is 3.06. The number of allylic oxidation sites excluding steroid dienone is 1. The summed E-state index contributed by atoms with van der Waals surface area (Å²) < 4.78 is 34.9. The number of aliphatic hydroxyl groups excluding tert-OH is 1. The van der Waals surface area contributed by atoms with Crippen molar-refractivity contribution in [1.82, 2.24) is 9.97 Å². The lowest BCUT2D eigenvalue weighted by atomic mass is 10.0. The molecule has 7 heteroatoms. The van der Waals surface area contributed by atoms with Crippen molar-refractivity contribution in [3.8, 4) is 17.1 Å². The SMILES string of the molecule is C=C(O)CC1CCN(c2c(F)cc(-c3cncc(OCCC)n3)cc2F)C1. The van der Waals surface area contributed by atoms with E-state index in [4.69, 9.17) is 4.74 Å². The molecule has 1 aliphatic heterocycles. The van der Waals surface area contributed by atoms with Gasteiger partial charge in [-0.1, -0.05) is 13.5 Å². The normalized spacial score (nSPS) is 16.6. The fourth-order valence-corrected chi connectivity index (χ4v) is 3.31. The number of hydrogen-bond acceptors (Lipinski definition) is 5. The molecule has 1 saturated heterocycles. The molecule has 0 aliphatic carbocycles. The largest absolute Gasteiger partial charge is 0.513 e. The molecule has 0 saturated carbocycles. The minimum atomic E-state index is -0.643. The third kappa shape index (κ3) is 4.53. The fourth-order valence-electron chi connectivity index (χ4n) is 3.31. The van der Waals surface area contributed by atoms with E-state index in [0.717, 1.165) is 12.8 Å². The van der Waals surface area contributed by atoms with E-state index in [0.29, 0.717) is 43.3 Å². The van der Waals surface area contributed by atoms with Gasteiger partial charge in [0.2, 0.25) is 5.88 Å². The summed E-state index contributed by atoms with van der Waals surface area (Å²) in [6.45, 7) is 6.97. The lowest BCUT2D eigenvalue weighted by molar-refractivity contribution is 0.304. The third-order valence-electron chi connectivity index (χ3n) is 4.51. The van der Waals surface area contributed by atoms with E-state index >= 15 is 0 Å². The minimum Gasteiger partial charge on any atom is -0.513 e. The van der Waals surface area contributed by atoms with Gasteiger partial charge in [0.15, 0.2) is 0 Å². The molecule has 0 bridgehead atoms. The van der Waals surface area contributed by atoms with Crippen molar-refractivity contribution in [1.29, 1.82) is 0 Å². The molecule has 5 nitrogen and oxygen atoms in total. The number of benzene rings is 1. The van der Waals surface area contributed by atoms with Crippen LogP contribution in [0.25, 0.3) is 11.3 Å². The van der Waals surface area contributed by atoms with E-state index in [1.54, 1.807) is 4.90 Å². The predicted octanol–water partition coefficient (Wildman–Crippen LogP) is 4.50. The molecule has 1 aliphatic rings. The second-order valence-corrected chi connectivity index (χ2v) is 6.75. The van der Waals surface area contributed by atoms with Gasteiger partial charge in [-0.3, -0.25) is 4.98 Å². The summed E-state index contributed by atoms with van der Waals surface area (Å²) >= 11 is 0. The van der Waals surface area contributed by atoms with Crippen molar-refractivity contribution in [2.24, 2.45) is 5.92 Å². The van der Waals surface area contributed by atoms with E-state index < -0.39 is 11.6 Å². The van der Waals surface area contributed by atoms with Gasteiger partial charge in [0.05, 0.1) is 30.5 Å². The van der Waals surface area contributed by atoms with Crippen molar-refractivity contribution < 1.29 is 18.6 Å². The number of halogens is 2. The molecule has 0 spiro atoms. The number of ether oxygens (including phenoxy) is 1. The number of hydrogen-bond donors (Lipinski definition) is 1. The highest BCUT2D eigenvalue weighted by atomic mass is 19.1. The third-order valence-corrected chi connectivity index (χ3v) is 4.51. The van der Waals surface area contributed by atoms with Crippen molar-refractivity contribution in [2.75, 3.05) is 24.6 Å². The highest BCUT2D eigenvalue weighted by Gasteiger charge is 2.27. The van der Waals surface area contributed by atoms with Crippen LogP contribution in [0.1, 0.15) is 26.2 Å². The van der Waals surface area contributed by atoms with Crippen LogP contribution < -0.4 is 9.64 Å². The smallest absolute Gasteiger partial charge is 0.232 e. The number of aliphatic hydroxyl groups is 1. The Kier molecular flexibility index (Phi) is 5.88. The van der Waals surface area contributed by atoms with Crippen LogP contribution in [0.3, 0.4) is 0 Å². The van der Waals surface area contributed by atoms with Gasteiger partial charge in [0.25, 0.3) is 0 Å². The minimum absolute atomic E-state index is 0.0452. The zero-order chi connectivity index (χ0) is 19.4. The summed E-state index contributed by atoms with van der Waals surface area (Å²) in [4.78, 5) is 9.98. The van der Waals surface area contributed by atoms with Gasteiger partial charge >= 0.3 is 0 Å². The Morgan fingerprint density at radius 3 is 2.74 bits per heavy atom. The maximum atomic E-state index is 14.7. The second-order valence-electron chi connectivity index (χ2n) is 6.75. The molecule has 1 N–H and O–H groups in total. The van der Waals surface area contributed by atoms with Crippen molar-refractivity contribution in [3.63, 3.8) is 0 Å². The topological polar surface area (TPSA) is 58.5 Å². The first-order valence-electron chi connectivity index (χ1n) is 9.04. The first-order chi connectivity index (χ1) is 13.0. The van der Waals surface area contributed by atoms with Crippen molar-refractivity contribution in [2.45, 2.75) is 26.2 Å². The van der Waals surface area contributed by atoms with Gasteiger partial charge < -0.3 is 14.7 Å². The highest BCUT2D eigenvalue weighted by molar-refractivity contribution is 5.64. The highest BCUT2D eigenvalue weighted by Crippen LogP contribution is 2.33. The lowest BCUT2D eigenvalue weighted by Crippen LogP contribution is -2.22. The van der Waals surface area contributed by atoms with E-state index in [2.05, 4.69) is 16.5 Å². The Morgan fingerprint density at radius 2 is 2.07 bits per heavy atom. The maximum absolute atomic E-state index is 14.7. The number of rotatable bonds is 7. The molecule has 2 heterocycles. The zero-order valence-electron chi connectivity index (χ0n) is 15.3. The van der Waals surface area contributed by atoms with Crippen LogP contribution in [0.15, 0.2) is 36.9 Å². The Morgan fingerprint density at radius 1 is 1.33 bits per heavy atom. The first kappa shape index (κ1) is 19.1. The molecule has 144 valence electrons. The van der Waals surface area contributed by atoms with Gasteiger partial charge in [-0.25, -0.2) is 13.8 Å². The molecule has 27 heavy (non-hydrogen) atoms. The molecule has 1 aromatic heterocycles. The Labute approximate surface area is 157 Å². The van der Waals surface area contributed by atoms with E-state index in [-0.39, 0.29) is 17.4 Å². The van der Waals surface area contributed by atoms with Crippen LogP contribution in [0.2, 0.25) is 0 Å². The van der Waals surface area contributed by atoms with Crippen molar-refractivity contribution >= 4 is 5.69 Å². The van der Waals surface area contributed by atoms with Crippen molar-refractivity contribution in [3.05, 3.63) is 48.5 Å². The Hall–Kier alpha value is -2.70. The molecular weight excluding hydrogens is 352 g/mol. The second kappa shape index (κ2) is 8.33. The van der Waals surface area contributed by atoms with Gasteiger partial charge in [-0.2, -0.15) is 0 Å². The van der Waals surface area contributed by atoms with E-state index in [1.807, 2.05) is 6.92 Å².